The van der Waals surface area contributed by atoms with Crippen molar-refractivity contribution in [1.29, 1.82) is 0 Å². The highest BCUT2D eigenvalue weighted by Crippen LogP contribution is 1.89. The number of nitrogens with one attached hydrogen (secondary N) is 1. The molecule has 0 atom stereocenters. The highest BCUT2D eigenvalue weighted by molar-refractivity contribution is 7.87. The molecule has 8 nitrogen and oxygen atoms in total. The van der Waals surface area contributed by atoms with Crippen molar-refractivity contribution in [2.24, 2.45) is 5.14 Å². The Labute approximate surface area is 88.2 Å². The highest BCUT2D eigenvalue weighted by atomic mass is 32.2. The molecule has 1 amide bonds. The van der Waals surface area contributed by atoms with E-state index in [0.29, 0.717) is 0 Å². The minimum absolute atomic E-state index is 0.913. The van der Waals surface area contributed by atoms with E-state index in [2.05, 4.69) is 17.1 Å². The molecule has 1 aliphatic heterocycles. The average Bonchev–Trinajstić information content (AvgIpc) is 2.01. The normalized spacial score (nSPS) is 17.5. The molecule has 0 radical (unpaired) electrons. The molecule has 90 valence electrons. The largest absolute Gasteiger partial charge is 0.464 e. The van der Waals surface area contributed by atoms with E-state index >= 15 is 0 Å². The van der Waals surface area contributed by atoms with Crippen molar-refractivity contribution < 1.29 is 23.1 Å². The molecule has 0 aromatic rings. The van der Waals surface area contributed by atoms with E-state index in [0.717, 1.165) is 31.0 Å². The number of nitrogens with zero attached hydrogens (tertiary/aromatic N) is 1. The Morgan fingerprint density at radius 2 is 1.93 bits per heavy atom. The summed E-state index contributed by atoms with van der Waals surface area (Å²) in [5.41, 5.74) is 0. The molecule has 0 spiro atoms. The Balaban J connectivity index is 0.000000262. The molecule has 4 N–H and O–H groups in total. The summed E-state index contributed by atoms with van der Waals surface area (Å²) in [4.78, 5) is 11.7. The molecular formula is C6H15N3O5S. The van der Waals surface area contributed by atoms with Gasteiger partial charge in [-0.15, -0.1) is 0 Å². The van der Waals surface area contributed by atoms with Crippen LogP contribution in [-0.2, 0) is 14.9 Å². The molecule has 1 aliphatic rings. The highest BCUT2D eigenvalue weighted by Gasteiger charge is 2.03. The van der Waals surface area contributed by atoms with E-state index in [1.807, 2.05) is 0 Å². The van der Waals surface area contributed by atoms with Crippen LogP contribution >= 0.6 is 0 Å². The molecule has 0 aromatic carbocycles. The average molecular weight is 241 g/mol. The number of morpholine rings is 1. The van der Waals surface area contributed by atoms with Crippen LogP contribution in [0.5, 0.6) is 0 Å². The lowest BCUT2D eigenvalue weighted by atomic mass is 10.5. The van der Waals surface area contributed by atoms with Gasteiger partial charge < -0.3 is 14.7 Å². The van der Waals surface area contributed by atoms with Crippen molar-refractivity contribution in [3.63, 3.8) is 0 Å². The van der Waals surface area contributed by atoms with Crippen molar-refractivity contribution in [2.75, 3.05) is 33.4 Å². The maximum atomic E-state index is 9.73. The standard InChI is InChI=1S/C5H11NO.CH4N2O4S/c1-6-2-4-7-5-3-6;2-8(6,7)3-1(4)5/h2-5H2,1H3;3H,(H,4,5)(H2,2,6,7). The van der Waals surface area contributed by atoms with Gasteiger partial charge in [0.15, 0.2) is 0 Å². The number of carboxylic acid groups (broad SMARTS) is 1. The monoisotopic (exact) mass is 241 g/mol. The number of hydrogen-bond donors (Lipinski definition) is 3. The lowest BCUT2D eigenvalue weighted by Crippen LogP contribution is -2.34. The number of carbonyl (C=O) groups is 1. The fourth-order valence-electron chi connectivity index (χ4n) is 0.776. The predicted molar refractivity (Wildman–Crippen MR) is 52.6 cm³/mol. The van der Waals surface area contributed by atoms with Crippen molar-refractivity contribution in [2.45, 2.75) is 0 Å². The molecule has 0 aromatic heterocycles. The van der Waals surface area contributed by atoms with Gasteiger partial charge in [-0.1, -0.05) is 0 Å². The number of hydrogen-bond acceptors (Lipinski definition) is 5. The first-order valence-electron chi connectivity index (χ1n) is 4.11. The van der Waals surface area contributed by atoms with Crippen molar-refractivity contribution in [3.8, 4) is 0 Å². The second-order valence-electron chi connectivity index (χ2n) is 2.87. The number of nitrogens with two attached hydrogens (primary N) is 1. The van der Waals surface area contributed by atoms with Crippen LogP contribution in [0.3, 0.4) is 0 Å². The Hall–Kier alpha value is -0.900. The molecular weight excluding hydrogens is 226 g/mol. The summed E-state index contributed by atoms with van der Waals surface area (Å²) in [5, 5.41) is 11.9. The second-order valence-corrected chi connectivity index (χ2v) is 4.16. The maximum Gasteiger partial charge on any atom is 0.419 e. The number of likely N-dealkylation sites (N-methyl/N-ethyl adjacent to an activating group) is 1. The smallest absolute Gasteiger partial charge is 0.419 e. The summed E-state index contributed by atoms with van der Waals surface area (Å²) < 4.78 is 25.6. The van der Waals surface area contributed by atoms with Crippen LogP contribution in [0.2, 0.25) is 0 Å². The molecule has 0 unspecified atom stereocenters. The zero-order chi connectivity index (χ0) is 11.9. The first-order valence-corrected chi connectivity index (χ1v) is 5.65. The van der Waals surface area contributed by atoms with Crippen LogP contribution in [0.4, 0.5) is 4.79 Å². The van der Waals surface area contributed by atoms with Crippen molar-refractivity contribution in [3.05, 3.63) is 0 Å². The summed E-state index contributed by atoms with van der Waals surface area (Å²) in [5.74, 6) is 0. The molecule has 1 rings (SSSR count). The van der Waals surface area contributed by atoms with Gasteiger partial charge in [-0.25, -0.2) is 14.7 Å². The molecule has 1 heterocycles. The topological polar surface area (TPSA) is 122 Å². The Bertz CT molecular complexity index is 285. The molecule has 0 bridgehead atoms. The summed E-state index contributed by atoms with van der Waals surface area (Å²) >= 11 is 0. The SMILES string of the molecule is CN1CCOCC1.NS(=O)(=O)NC(=O)O. The van der Waals surface area contributed by atoms with Gasteiger partial charge in [0.1, 0.15) is 0 Å². The van der Waals surface area contributed by atoms with E-state index in [4.69, 9.17) is 9.84 Å². The molecule has 1 fully saturated rings. The number of ether oxygens (including phenoxy) is 1. The quantitative estimate of drug-likeness (QED) is 0.508. The molecule has 0 saturated carbocycles. The zero-order valence-electron chi connectivity index (χ0n) is 8.34. The molecule has 15 heavy (non-hydrogen) atoms. The first kappa shape index (κ1) is 14.1. The van der Waals surface area contributed by atoms with E-state index in [1.165, 1.54) is 0 Å². The third-order valence-corrected chi connectivity index (χ3v) is 1.92. The van der Waals surface area contributed by atoms with Gasteiger partial charge in [0.25, 0.3) is 0 Å². The Morgan fingerprint density at radius 3 is 2.07 bits per heavy atom. The van der Waals surface area contributed by atoms with Crippen LogP contribution < -0.4 is 9.86 Å². The van der Waals surface area contributed by atoms with Gasteiger partial charge in [0.2, 0.25) is 0 Å². The van der Waals surface area contributed by atoms with Gasteiger partial charge in [-0.3, -0.25) is 0 Å². The van der Waals surface area contributed by atoms with Gasteiger partial charge in [0.05, 0.1) is 13.2 Å². The van der Waals surface area contributed by atoms with Crippen LogP contribution in [0.25, 0.3) is 0 Å². The van der Waals surface area contributed by atoms with Crippen molar-refractivity contribution in [1.82, 2.24) is 9.62 Å². The summed E-state index contributed by atoms with van der Waals surface area (Å²) in [6, 6.07) is 0. The van der Waals surface area contributed by atoms with E-state index in [9.17, 15) is 13.2 Å². The molecule has 0 aliphatic carbocycles. The Morgan fingerprint density at radius 1 is 1.47 bits per heavy atom. The lowest BCUT2D eigenvalue weighted by molar-refractivity contribution is 0.0503. The van der Waals surface area contributed by atoms with Crippen LogP contribution in [-0.4, -0.2) is 57.9 Å². The minimum atomic E-state index is -4.07. The van der Waals surface area contributed by atoms with Gasteiger partial charge in [-0.05, 0) is 7.05 Å². The third-order valence-electron chi connectivity index (χ3n) is 1.46. The fourth-order valence-corrected chi connectivity index (χ4v) is 1.02. The molecule has 1 saturated heterocycles. The molecule has 9 heteroatoms. The van der Waals surface area contributed by atoms with E-state index in [1.54, 1.807) is 0 Å². The maximum absolute atomic E-state index is 9.73. The van der Waals surface area contributed by atoms with Crippen LogP contribution in [0.1, 0.15) is 0 Å². The van der Waals surface area contributed by atoms with Gasteiger partial charge >= 0.3 is 16.3 Å². The van der Waals surface area contributed by atoms with Crippen LogP contribution in [0.15, 0.2) is 0 Å². The van der Waals surface area contributed by atoms with Crippen molar-refractivity contribution >= 4 is 16.3 Å². The number of rotatable bonds is 1. The lowest BCUT2D eigenvalue weighted by Gasteiger charge is -2.21. The predicted octanol–water partition coefficient (Wildman–Crippen LogP) is -1.59. The Kier molecular flexibility index (Phi) is 6.17. The van der Waals surface area contributed by atoms with Gasteiger partial charge in [-0.2, -0.15) is 8.42 Å². The zero-order valence-corrected chi connectivity index (χ0v) is 9.16. The fraction of sp³-hybridized carbons (Fsp3) is 0.833. The van der Waals surface area contributed by atoms with Crippen LogP contribution in [0, 0.1) is 0 Å². The van der Waals surface area contributed by atoms with Gasteiger partial charge in [0, 0.05) is 13.1 Å². The summed E-state index contributed by atoms with van der Waals surface area (Å²) in [6.45, 7) is 4.02. The summed E-state index contributed by atoms with van der Waals surface area (Å²) in [6.07, 6.45) is -1.69. The minimum Gasteiger partial charge on any atom is -0.464 e. The number of amides is 1. The summed E-state index contributed by atoms with van der Waals surface area (Å²) in [7, 11) is -1.96. The van der Waals surface area contributed by atoms with E-state index < -0.39 is 16.3 Å². The van der Waals surface area contributed by atoms with E-state index in [-0.39, 0.29) is 0 Å². The first-order chi connectivity index (χ1) is 6.81. The second kappa shape index (κ2) is 6.56. The third kappa shape index (κ3) is 11.0.